The van der Waals surface area contributed by atoms with Gasteiger partial charge in [0.05, 0.1) is 6.04 Å². The predicted octanol–water partition coefficient (Wildman–Crippen LogP) is 2.80. The number of H-pyrrole nitrogens is 1. The Morgan fingerprint density at radius 1 is 1.26 bits per heavy atom. The Labute approximate surface area is 183 Å². The highest BCUT2D eigenvalue weighted by molar-refractivity contribution is 6.01. The molecule has 1 fully saturated rings. The Balaban J connectivity index is 1.71. The Kier molecular flexibility index (Phi) is 5.77. The molecule has 4 rings (SSSR count). The first-order chi connectivity index (χ1) is 14.8. The fraction of sp³-hybridized carbons (Fsp3) is 0.478. The molecule has 1 aromatic carbocycles. The van der Waals surface area contributed by atoms with Gasteiger partial charge in [-0.3, -0.25) is 5.32 Å². The number of aliphatic hydroxyl groups is 1. The molecule has 0 radical (unpaired) electrons. The fourth-order valence-electron chi connectivity index (χ4n) is 4.67. The molecule has 1 saturated carbocycles. The van der Waals surface area contributed by atoms with Crippen LogP contribution in [0.2, 0.25) is 0 Å². The quantitative estimate of drug-likeness (QED) is 0.487. The van der Waals surface area contributed by atoms with Crippen LogP contribution in [0.3, 0.4) is 0 Å². The number of rotatable bonds is 4. The van der Waals surface area contributed by atoms with Crippen molar-refractivity contribution in [3.8, 4) is 0 Å². The van der Waals surface area contributed by atoms with Crippen molar-refractivity contribution in [2.45, 2.75) is 57.5 Å². The number of hydrogen-bond donors (Lipinski definition) is 5. The molecule has 2 heterocycles. The number of aromatic amines is 1. The van der Waals surface area contributed by atoms with Crippen LogP contribution in [0.1, 0.15) is 54.2 Å². The lowest BCUT2D eigenvalue weighted by atomic mass is 9.86. The third-order valence-electron chi connectivity index (χ3n) is 6.57. The molecule has 0 spiro atoms. The van der Waals surface area contributed by atoms with Gasteiger partial charge in [-0.2, -0.15) is 0 Å². The molecule has 3 atom stereocenters. The number of aromatic nitrogens is 1. The molecule has 31 heavy (non-hydrogen) atoms. The van der Waals surface area contributed by atoms with Crippen molar-refractivity contribution in [2.75, 3.05) is 14.1 Å². The van der Waals surface area contributed by atoms with E-state index in [0.29, 0.717) is 6.42 Å². The van der Waals surface area contributed by atoms with Gasteiger partial charge in [0, 0.05) is 30.9 Å². The van der Waals surface area contributed by atoms with E-state index in [1.807, 2.05) is 44.3 Å². The Morgan fingerprint density at radius 2 is 2.00 bits per heavy atom. The number of aryl methyl sites for hydroxylation is 1. The van der Waals surface area contributed by atoms with E-state index in [-0.39, 0.29) is 18.2 Å². The van der Waals surface area contributed by atoms with E-state index in [4.69, 9.17) is 4.99 Å². The second-order valence-corrected chi connectivity index (χ2v) is 8.55. The minimum atomic E-state index is -1.32. The molecule has 8 heteroatoms. The normalized spacial score (nSPS) is 25.6. The van der Waals surface area contributed by atoms with Crippen LogP contribution in [0.5, 0.6) is 0 Å². The average Bonchev–Trinajstić information content (AvgIpc) is 3.05. The molecular weight excluding hydrogens is 392 g/mol. The summed E-state index contributed by atoms with van der Waals surface area (Å²) in [5, 5.41) is 20.4. The number of benzene rings is 1. The maximum atomic E-state index is 12.0. The van der Waals surface area contributed by atoms with Gasteiger partial charge < -0.3 is 25.6 Å². The lowest BCUT2D eigenvalue weighted by Gasteiger charge is -2.45. The first-order valence-electron chi connectivity index (χ1n) is 10.9. The van der Waals surface area contributed by atoms with E-state index >= 15 is 0 Å². The summed E-state index contributed by atoms with van der Waals surface area (Å²) in [7, 11) is 3.57. The zero-order chi connectivity index (χ0) is 22.2. The van der Waals surface area contributed by atoms with Crippen molar-refractivity contribution < 1.29 is 9.90 Å². The van der Waals surface area contributed by atoms with E-state index in [1.165, 1.54) is 0 Å². The van der Waals surface area contributed by atoms with Crippen molar-refractivity contribution in [3.63, 3.8) is 0 Å². The van der Waals surface area contributed by atoms with Gasteiger partial charge in [0.2, 0.25) is 0 Å². The molecule has 1 unspecified atom stereocenters. The van der Waals surface area contributed by atoms with Gasteiger partial charge in [-0.05, 0) is 38.7 Å². The Hall–Kier alpha value is -2.84. The second-order valence-electron chi connectivity index (χ2n) is 8.55. The van der Waals surface area contributed by atoms with Crippen LogP contribution in [-0.4, -0.2) is 52.7 Å². The molecule has 1 aromatic heterocycles. The Bertz CT molecular complexity index is 985. The van der Waals surface area contributed by atoms with Crippen molar-refractivity contribution in [3.05, 3.63) is 52.7 Å². The van der Waals surface area contributed by atoms with Crippen LogP contribution in [0, 0.1) is 13.8 Å². The van der Waals surface area contributed by atoms with Crippen LogP contribution in [0.15, 0.2) is 35.3 Å². The number of carbonyl (C=O) groups is 1. The number of nitrogens with zero attached hydrogens (tertiary/aromatic N) is 2. The predicted molar refractivity (Wildman–Crippen MR) is 121 cm³/mol. The molecule has 2 aromatic rings. The summed E-state index contributed by atoms with van der Waals surface area (Å²) in [5.41, 5.74) is 3.00. The van der Waals surface area contributed by atoms with E-state index in [9.17, 15) is 9.90 Å². The van der Waals surface area contributed by atoms with Crippen LogP contribution < -0.4 is 16.0 Å². The zero-order valence-electron chi connectivity index (χ0n) is 18.6. The zero-order valence-corrected chi connectivity index (χ0v) is 18.6. The van der Waals surface area contributed by atoms with E-state index in [2.05, 4.69) is 32.8 Å². The summed E-state index contributed by atoms with van der Waals surface area (Å²) in [6, 6.07) is 9.40. The topological polar surface area (TPSA) is 105 Å². The highest BCUT2D eigenvalue weighted by Crippen LogP contribution is 2.39. The maximum Gasteiger partial charge on any atom is 0.316 e. The number of urea groups is 1. The third kappa shape index (κ3) is 3.93. The lowest BCUT2D eigenvalue weighted by molar-refractivity contribution is -0.0529. The summed E-state index contributed by atoms with van der Waals surface area (Å²) in [5.74, 6) is 1.69. The van der Waals surface area contributed by atoms with E-state index in [1.54, 1.807) is 7.05 Å². The van der Waals surface area contributed by atoms with Crippen LogP contribution >= 0.6 is 0 Å². The minimum Gasteiger partial charge on any atom is -0.369 e. The number of carbonyl (C=O) groups excluding carboxylic acids is 1. The molecule has 0 saturated heterocycles. The first-order valence-corrected chi connectivity index (χ1v) is 10.9. The van der Waals surface area contributed by atoms with Crippen molar-refractivity contribution in [1.29, 1.82) is 0 Å². The van der Waals surface area contributed by atoms with Gasteiger partial charge >= 0.3 is 6.03 Å². The number of amides is 2. The molecule has 0 bridgehead atoms. The third-order valence-corrected chi connectivity index (χ3v) is 6.57. The summed E-state index contributed by atoms with van der Waals surface area (Å²) in [6.45, 7) is 4.14. The standard InChI is InChI=1S/C23H32N6O2/c1-14-15(2)25-19-18(14)21(29(4)20(27-19)16-10-6-5-7-11-16)26-17-12-8-9-13-23(17,31)28-22(30)24-3/h5-7,10-11,17,21,25-26,31H,8-9,12-13H2,1-4H3,(H2,24,28,30)/t17-,21?,23-/m0/s1. The van der Waals surface area contributed by atoms with Crippen LogP contribution in [0.4, 0.5) is 10.6 Å². The number of amidine groups is 1. The number of hydrogen-bond acceptors (Lipinski definition) is 5. The van der Waals surface area contributed by atoms with E-state index in [0.717, 1.165) is 53.3 Å². The van der Waals surface area contributed by atoms with Crippen LogP contribution in [0.25, 0.3) is 0 Å². The number of fused-ring (bicyclic) bond motifs is 1. The fourth-order valence-corrected chi connectivity index (χ4v) is 4.67. The van der Waals surface area contributed by atoms with Gasteiger partial charge in [-0.1, -0.05) is 36.8 Å². The molecule has 166 valence electrons. The van der Waals surface area contributed by atoms with Gasteiger partial charge in [-0.25, -0.2) is 9.79 Å². The monoisotopic (exact) mass is 424 g/mol. The molecule has 1 aliphatic carbocycles. The summed E-state index contributed by atoms with van der Waals surface area (Å²) >= 11 is 0. The van der Waals surface area contributed by atoms with Crippen LogP contribution in [-0.2, 0) is 0 Å². The first kappa shape index (κ1) is 21.4. The molecule has 2 aliphatic rings. The second kappa shape index (κ2) is 8.36. The number of nitrogens with one attached hydrogen (secondary N) is 4. The number of aliphatic imine (C=N–C) groups is 1. The largest absolute Gasteiger partial charge is 0.369 e. The van der Waals surface area contributed by atoms with Crippen molar-refractivity contribution in [1.82, 2.24) is 25.8 Å². The SMILES string of the molecule is CNC(=O)N[C@]1(O)CCCC[C@@H]1NC1c2c([nH]c(C)c2C)N=C(c2ccccc2)N1C. The molecular formula is C23H32N6O2. The van der Waals surface area contributed by atoms with Crippen molar-refractivity contribution in [2.24, 2.45) is 4.99 Å². The minimum absolute atomic E-state index is 0.200. The highest BCUT2D eigenvalue weighted by Gasteiger charge is 2.43. The van der Waals surface area contributed by atoms with Gasteiger partial charge in [0.15, 0.2) is 5.72 Å². The smallest absolute Gasteiger partial charge is 0.316 e. The molecule has 2 amide bonds. The van der Waals surface area contributed by atoms with Crippen molar-refractivity contribution >= 4 is 17.7 Å². The Morgan fingerprint density at radius 3 is 2.71 bits per heavy atom. The van der Waals surface area contributed by atoms with Gasteiger partial charge in [-0.15, -0.1) is 0 Å². The summed E-state index contributed by atoms with van der Waals surface area (Å²) in [4.78, 5) is 22.5. The lowest BCUT2D eigenvalue weighted by Crippen LogP contribution is -2.65. The summed E-state index contributed by atoms with van der Waals surface area (Å²) in [6.07, 6.45) is 2.92. The van der Waals surface area contributed by atoms with Gasteiger partial charge in [0.1, 0.15) is 17.8 Å². The summed E-state index contributed by atoms with van der Waals surface area (Å²) < 4.78 is 0. The van der Waals surface area contributed by atoms with E-state index < -0.39 is 5.72 Å². The average molecular weight is 425 g/mol. The maximum absolute atomic E-state index is 12.0. The van der Waals surface area contributed by atoms with Gasteiger partial charge in [0.25, 0.3) is 0 Å². The molecule has 5 N–H and O–H groups in total. The highest BCUT2D eigenvalue weighted by atomic mass is 16.3. The molecule has 1 aliphatic heterocycles. The molecule has 8 nitrogen and oxygen atoms in total.